The summed E-state index contributed by atoms with van der Waals surface area (Å²) in [5.41, 5.74) is 0.961. The third-order valence-corrected chi connectivity index (χ3v) is 3.98. The fraction of sp³-hybridized carbons (Fsp3) is 0.455. The van der Waals surface area contributed by atoms with Gasteiger partial charge >= 0.3 is 0 Å². The van der Waals surface area contributed by atoms with Gasteiger partial charge in [0.05, 0.1) is 30.9 Å². The van der Waals surface area contributed by atoms with Crippen molar-refractivity contribution in [3.63, 3.8) is 0 Å². The molecule has 7 nitrogen and oxygen atoms in total. The molecule has 0 aliphatic heterocycles. The van der Waals surface area contributed by atoms with E-state index in [2.05, 4.69) is 14.8 Å². The van der Waals surface area contributed by atoms with Crippen LogP contribution in [0.3, 0.4) is 0 Å². The molecule has 1 N–H and O–H groups in total. The highest BCUT2D eigenvalue weighted by atomic mass is 32.2. The first-order valence-electron chi connectivity index (χ1n) is 5.79. The van der Waals surface area contributed by atoms with Crippen LogP contribution in [0.1, 0.15) is 13.8 Å². The van der Waals surface area contributed by atoms with Crippen molar-refractivity contribution in [3.05, 3.63) is 18.5 Å². The third kappa shape index (κ3) is 3.34. The van der Waals surface area contributed by atoms with Gasteiger partial charge in [-0.2, -0.15) is 0 Å². The van der Waals surface area contributed by atoms with Gasteiger partial charge < -0.3 is 4.74 Å². The van der Waals surface area contributed by atoms with Crippen molar-refractivity contribution in [2.45, 2.75) is 13.8 Å². The molecule has 0 aromatic carbocycles. The monoisotopic (exact) mass is 284 g/mol. The summed E-state index contributed by atoms with van der Waals surface area (Å²) in [6, 6.07) is 1.66. The van der Waals surface area contributed by atoms with E-state index in [1.54, 1.807) is 12.3 Å². The summed E-state index contributed by atoms with van der Waals surface area (Å²) < 4.78 is 32.6. The van der Waals surface area contributed by atoms with Crippen molar-refractivity contribution in [2.75, 3.05) is 17.6 Å². The summed E-state index contributed by atoms with van der Waals surface area (Å²) >= 11 is 0. The van der Waals surface area contributed by atoms with E-state index in [0.29, 0.717) is 17.2 Å². The van der Waals surface area contributed by atoms with Crippen LogP contribution in [0.25, 0.3) is 5.65 Å². The molecule has 0 atom stereocenters. The Labute approximate surface area is 111 Å². The molecular weight excluding hydrogens is 268 g/mol. The van der Waals surface area contributed by atoms with Crippen LogP contribution < -0.4 is 9.46 Å². The Bertz CT molecular complexity index is 678. The van der Waals surface area contributed by atoms with E-state index in [4.69, 9.17) is 4.74 Å². The Morgan fingerprint density at radius 3 is 2.84 bits per heavy atom. The number of ether oxygens (including phenoxy) is 1. The van der Waals surface area contributed by atoms with E-state index in [1.165, 1.54) is 17.8 Å². The predicted molar refractivity (Wildman–Crippen MR) is 71.8 cm³/mol. The molecule has 2 heterocycles. The second kappa shape index (κ2) is 5.04. The van der Waals surface area contributed by atoms with Crippen molar-refractivity contribution < 1.29 is 13.2 Å². The van der Waals surface area contributed by atoms with Gasteiger partial charge in [0.2, 0.25) is 15.9 Å². The SMILES string of the molecule is COc1cc2ncc(NS(=O)(=O)CC(C)C)cn2n1. The van der Waals surface area contributed by atoms with E-state index in [9.17, 15) is 8.42 Å². The molecule has 0 spiro atoms. The molecule has 2 rings (SSSR count). The molecule has 0 bridgehead atoms. The zero-order valence-electron chi connectivity index (χ0n) is 11.0. The molecule has 2 aromatic rings. The van der Waals surface area contributed by atoms with Crippen LogP contribution in [-0.2, 0) is 10.0 Å². The number of hydrogen-bond donors (Lipinski definition) is 1. The number of sulfonamides is 1. The van der Waals surface area contributed by atoms with Gasteiger partial charge in [0.1, 0.15) is 0 Å². The normalized spacial score (nSPS) is 12.0. The molecule has 8 heteroatoms. The molecule has 0 unspecified atom stereocenters. The molecule has 0 aliphatic carbocycles. The Morgan fingerprint density at radius 1 is 1.47 bits per heavy atom. The lowest BCUT2D eigenvalue weighted by Crippen LogP contribution is -2.20. The summed E-state index contributed by atoms with van der Waals surface area (Å²) in [6.45, 7) is 3.69. The summed E-state index contributed by atoms with van der Waals surface area (Å²) in [5, 5.41) is 4.08. The number of nitrogens with zero attached hydrogens (tertiary/aromatic N) is 3. The van der Waals surface area contributed by atoms with Crippen molar-refractivity contribution in [1.82, 2.24) is 14.6 Å². The van der Waals surface area contributed by atoms with E-state index in [0.717, 1.165) is 0 Å². The number of nitrogens with one attached hydrogen (secondary N) is 1. The lowest BCUT2D eigenvalue weighted by molar-refractivity contribution is 0.395. The van der Waals surface area contributed by atoms with Crippen molar-refractivity contribution in [3.8, 4) is 5.88 Å². The standard InChI is InChI=1S/C11H16N4O3S/c1-8(2)7-19(16,17)14-9-5-12-10-4-11(18-3)13-15(10)6-9/h4-6,8,14H,7H2,1-3H3. The maximum Gasteiger partial charge on any atom is 0.235 e. The van der Waals surface area contributed by atoms with Gasteiger partial charge in [0.25, 0.3) is 0 Å². The number of anilines is 1. The number of methoxy groups -OCH3 is 1. The van der Waals surface area contributed by atoms with Gasteiger partial charge in [0, 0.05) is 6.07 Å². The fourth-order valence-electron chi connectivity index (χ4n) is 1.67. The topological polar surface area (TPSA) is 85.6 Å². The quantitative estimate of drug-likeness (QED) is 0.889. The van der Waals surface area contributed by atoms with Crippen molar-refractivity contribution in [1.29, 1.82) is 0 Å². The van der Waals surface area contributed by atoms with E-state index < -0.39 is 10.0 Å². The van der Waals surface area contributed by atoms with Crippen LogP contribution in [0.4, 0.5) is 5.69 Å². The minimum absolute atomic E-state index is 0.0546. The van der Waals surface area contributed by atoms with Crippen LogP contribution in [-0.4, -0.2) is 35.9 Å². The molecular formula is C11H16N4O3S. The molecule has 0 radical (unpaired) electrons. The van der Waals surface area contributed by atoms with Crippen LogP contribution >= 0.6 is 0 Å². The molecule has 0 aliphatic rings. The zero-order chi connectivity index (χ0) is 14.0. The largest absolute Gasteiger partial charge is 0.480 e. The fourth-order valence-corrected chi connectivity index (χ4v) is 3.09. The van der Waals surface area contributed by atoms with Crippen LogP contribution in [0.15, 0.2) is 18.5 Å². The number of fused-ring (bicyclic) bond motifs is 1. The highest BCUT2D eigenvalue weighted by Crippen LogP contribution is 2.14. The maximum atomic E-state index is 11.8. The summed E-state index contributed by atoms with van der Waals surface area (Å²) in [6.07, 6.45) is 3.01. The third-order valence-electron chi connectivity index (χ3n) is 2.33. The maximum absolute atomic E-state index is 11.8. The Morgan fingerprint density at radius 2 is 2.21 bits per heavy atom. The predicted octanol–water partition coefficient (Wildman–Crippen LogP) is 1.14. The van der Waals surface area contributed by atoms with Crippen LogP contribution in [0.2, 0.25) is 0 Å². The lowest BCUT2D eigenvalue weighted by atomic mass is 10.3. The van der Waals surface area contributed by atoms with E-state index in [-0.39, 0.29) is 11.7 Å². The average molecular weight is 284 g/mol. The Kier molecular flexibility index (Phi) is 3.61. The van der Waals surface area contributed by atoms with Crippen LogP contribution in [0.5, 0.6) is 5.88 Å². The molecule has 0 saturated heterocycles. The molecule has 2 aromatic heterocycles. The molecule has 19 heavy (non-hydrogen) atoms. The summed E-state index contributed by atoms with van der Waals surface area (Å²) in [5.74, 6) is 0.543. The van der Waals surface area contributed by atoms with Gasteiger partial charge in [0.15, 0.2) is 5.65 Å². The minimum atomic E-state index is -3.36. The number of hydrogen-bond acceptors (Lipinski definition) is 5. The second-order valence-electron chi connectivity index (χ2n) is 4.61. The Hall–Kier alpha value is -1.83. The minimum Gasteiger partial charge on any atom is -0.480 e. The van der Waals surface area contributed by atoms with Crippen LogP contribution in [0, 0.1) is 5.92 Å². The van der Waals surface area contributed by atoms with Gasteiger partial charge in [-0.15, -0.1) is 5.10 Å². The van der Waals surface area contributed by atoms with E-state index >= 15 is 0 Å². The lowest BCUT2D eigenvalue weighted by Gasteiger charge is -2.09. The van der Waals surface area contributed by atoms with Gasteiger partial charge in [-0.25, -0.2) is 17.9 Å². The highest BCUT2D eigenvalue weighted by molar-refractivity contribution is 7.92. The summed E-state index contributed by atoms with van der Waals surface area (Å²) in [4.78, 5) is 4.11. The van der Waals surface area contributed by atoms with Gasteiger partial charge in [-0.3, -0.25) is 4.72 Å². The average Bonchev–Trinajstić information content (AvgIpc) is 2.68. The first-order chi connectivity index (χ1) is 8.89. The number of aromatic nitrogens is 3. The van der Waals surface area contributed by atoms with Crippen molar-refractivity contribution >= 4 is 21.4 Å². The zero-order valence-corrected chi connectivity index (χ0v) is 11.8. The highest BCUT2D eigenvalue weighted by Gasteiger charge is 2.13. The molecule has 0 fully saturated rings. The molecule has 0 saturated carbocycles. The van der Waals surface area contributed by atoms with Gasteiger partial charge in [-0.1, -0.05) is 13.8 Å². The molecule has 104 valence electrons. The first kappa shape index (κ1) is 13.6. The Balaban J connectivity index is 2.26. The number of rotatable bonds is 5. The van der Waals surface area contributed by atoms with E-state index in [1.807, 2.05) is 13.8 Å². The summed E-state index contributed by atoms with van der Waals surface area (Å²) in [7, 11) is -1.86. The van der Waals surface area contributed by atoms with Gasteiger partial charge in [-0.05, 0) is 5.92 Å². The second-order valence-corrected chi connectivity index (χ2v) is 6.38. The first-order valence-corrected chi connectivity index (χ1v) is 7.45. The smallest absolute Gasteiger partial charge is 0.235 e. The van der Waals surface area contributed by atoms with Crippen molar-refractivity contribution in [2.24, 2.45) is 5.92 Å². The molecule has 0 amide bonds.